The van der Waals surface area contributed by atoms with Gasteiger partial charge in [-0.3, -0.25) is 0 Å². The fourth-order valence-electron chi connectivity index (χ4n) is 6.13. The molecule has 2 aromatic rings. The maximum absolute atomic E-state index is 2.53. The highest BCUT2D eigenvalue weighted by Crippen LogP contribution is 2.55. The quantitative estimate of drug-likeness (QED) is 0.172. The highest BCUT2D eigenvalue weighted by atomic mass is 127. The first-order valence-corrected chi connectivity index (χ1v) is 16.4. The third-order valence-corrected chi connectivity index (χ3v) is 9.71. The van der Waals surface area contributed by atoms with Crippen LogP contribution in [0.4, 0.5) is 0 Å². The van der Waals surface area contributed by atoms with Gasteiger partial charge in [0.15, 0.2) is 0 Å². The van der Waals surface area contributed by atoms with Gasteiger partial charge < -0.3 is 0 Å². The average Bonchev–Trinajstić information content (AvgIpc) is 3.04. The minimum atomic E-state index is 0.172. The standard InChI is InChI=1S/C33H48I2/c1-23(2)9-7-11-25(5)17-19-33(20-18-26(6)12-8-10-24(3)4)31-21-27(34)13-15-29(31)30-16-14-28(35)22-32(30)33/h13-16,21-26H,7-12,17-20H2,1-6H3. The summed E-state index contributed by atoms with van der Waals surface area (Å²) in [5, 5.41) is 0. The molecule has 35 heavy (non-hydrogen) atoms. The summed E-state index contributed by atoms with van der Waals surface area (Å²) in [6.07, 6.45) is 13.5. The molecule has 1 aliphatic rings. The summed E-state index contributed by atoms with van der Waals surface area (Å²) in [6.45, 7) is 14.4. The van der Waals surface area contributed by atoms with Crippen LogP contribution in [0.25, 0.3) is 11.1 Å². The van der Waals surface area contributed by atoms with Crippen LogP contribution >= 0.6 is 45.2 Å². The lowest BCUT2D eigenvalue weighted by atomic mass is 9.69. The van der Waals surface area contributed by atoms with Crippen LogP contribution in [0.2, 0.25) is 0 Å². The van der Waals surface area contributed by atoms with E-state index in [1.807, 2.05) is 0 Å². The van der Waals surface area contributed by atoms with Crippen molar-refractivity contribution < 1.29 is 0 Å². The van der Waals surface area contributed by atoms with Crippen LogP contribution in [-0.4, -0.2) is 0 Å². The van der Waals surface area contributed by atoms with Gasteiger partial charge in [0.2, 0.25) is 0 Å². The molecule has 0 spiro atoms. The summed E-state index contributed by atoms with van der Waals surface area (Å²) in [4.78, 5) is 0. The van der Waals surface area contributed by atoms with Crippen LogP contribution in [0, 0.1) is 30.8 Å². The van der Waals surface area contributed by atoms with Crippen molar-refractivity contribution in [1.29, 1.82) is 0 Å². The summed E-state index contributed by atoms with van der Waals surface area (Å²) in [5.74, 6) is 3.24. The molecule has 3 rings (SSSR count). The molecule has 0 amide bonds. The molecule has 0 nitrogen and oxygen atoms in total. The maximum Gasteiger partial charge on any atom is 0.0216 e. The van der Waals surface area contributed by atoms with Crippen molar-refractivity contribution in [1.82, 2.24) is 0 Å². The zero-order chi connectivity index (χ0) is 25.6. The molecule has 0 radical (unpaired) electrons. The predicted molar refractivity (Wildman–Crippen MR) is 172 cm³/mol. The summed E-state index contributed by atoms with van der Waals surface area (Å²) in [6, 6.07) is 14.5. The lowest BCUT2D eigenvalue weighted by molar-refractivity contribution is 0.327. The first-order chi connectivity index (χ1) is 16.6. The molecule has 0 aliphatic heterocycles. The SMILES string of the molecule is CC(C)CCCC(C)CCC1(CCC(C)CCCC(C)C)c2cc(I)ccc2-c2ccc(I)cc21. The van der Waals surface area contributed by atoms with Gasteiger partial charge >= 0.3 is 0 Å². The van der Waals surface area contributed by atoms with Crippen molar-refractivity contribution in [2.45, 2.75) is 111 Å². The fraction of sp³-hybridized carbons (Fsp3) is 0.636. The molecule has 0 saturated heterocycles. The molecule has 2 heteroatoms. The molecule has 0 heterocycles. The van der Waals surface area contributed by atoms with Gasteiger partial charge in [0, 0.05) is 12.6 Å². The van der Waals surface area contributed by atoms with Crippen molar-refractivity contribution in [2.24, 2.45) is 23.7 Å². The second kappa shape index (κ2) is 13.6. The minimum absolute atomic E-state index is 0.172. The van der Waals surface area contributed by atoms with Crippen LogP contribution in [0.3, 0.4) is 0 Å². The van der Waals surface area contributed by atoms with Crippen LogP contribution in [-0.2, 0) is 5.41 Å². The molecule has 2 atom stereocenters. The second-order valence-electron chi connectivity index (χ2n) is 12.4. The zero-order valence-electron chi connectivity index (χ0n) is 23.1. The largest absolute Gasteiger partial charge is 0.0628 e. The number of fused-ring (bicyclic) bond motifs is 3. The van der Waals surface area contributed by atoms with Gasteiger partial charge in [0.1, 0.15) is 0 Å². The Hall–Kier alpha value is -0.100. The first kappa shape index (κ1) is 29.5. The monoisotopic (exact) mass is 698 g/mol. The summed E-state index contributed by atoms with van der Waals surface area (Å²) < 4.78 is 2.76. The van der Waals surface area contributed by atoms with E-state index in [0.29, 0.717) is 0 Å². The van der Waals surface area contributed by atoms with Crippen LogP contribution in [0.15, 0.2) is 36.4 Å². The Morgan fingerprint density at radius 2 is 0.971 bits per heavy atom. The Kier molecular flexibility index (Phi) is 11.5. The third kappa shape index (κ3) is 7.94. The summed E-state index contributed by atoms with van der Waals surface area (Å²) in [5.41, 5.74) is 6.40. The summed E-state index contributed by atoms with van der Waals surface area (Å²) in [7, 11) is 0. The van der Waals surface area contributed by atoms with Gasteiger partial charge in [-0.1, -0.05) is 92.2 Å². The van der Waals surface area contributed by atoms with E-state index < -0.39 is 0 Å². The van der Waals surface area contributed by atoms with E-state index >= 15 is 0 Å². The number of hydrogen-bond donors (Lipinski definition) is 0. The topological polar surface area (TPSA) is 0 Å². The van der Waals surface area contributed by atoms with Crippen molar-refractivity contribution in [3.05, 3.63) is 54.7 Å². The molecule has 0 saturated carbocycles. The van der Waals surface area contributed by atoms with E-state index in [4.69, 9.17) is 0 Å². The van der Waals surface area contributed by atoms with E-state index in [1.165, 1.54) is 82.5 Å². The van der Waals surface area contributed by atoms with Crippen molar-refractivity contribution >= 4 is 45.2 Å². The van der Waals surface area contributed by atoms with Gasteiger partial charge in [-0.25, -0.2) is 0 Å². The Morgan fingerprint density at radius 1 is 0.571 bits per heavy atom. The number of benzene rings is 2. The molecule has 0 aromatic heterocycles. The molecule has 0 fully saturated rings. The van der Waals surface area contributed by atoms with E-state index in [0.717, 1.165) is 23.7 Å². The van der Waals surface area contributed by atoms with Gasteiger partial charge in [0.25, 0.3) is 0 Å². The number of rotatable bonds is 14. The van der Waals surface area contributed by atoms with E-state index in [9.17, 15) is 0 Å². The molecule has 194 valence electrons. The molecule has 0 bridgehead atoms. The normalized spacial score (nSPS) is 15.9. The predicted octanol–water partition coefficient (Wildman–Crippen LogP) is 11.6. The highest BCUT2D eigenvalue weighted by Gasteiger charge is 2.43. The Morgan fingerprint density at radius 3 is 1.34 bits per heavy atom. The smallest absolute Gasteiger partial charge is 0.0216 e. The molecular formula is C33H48I2. The van der Waals surface area contributed by atoms with Gasteiger partial charge in [-0.05, 0) is 141 Å². The average molecular weight is 699 g/mol. The lowest BCUT2D eigenvalue weighted by Crippen LogP contribution is -2.27. The van der Waals surface area contributed by atoms with Gasteiger partial charge in [0.05, 0.1) is 0 Å². The molecule has 2 unspecified atom stereocenters. The number of hydrogen-bond acceptors (Lipinski definition) is 0. The van der Waals surface area contributed by atoms with E-state index in [-0.39, 0.29) is 5.41 Å². The maximum atomic E-state index is 2.53. The van der Waals surface area contributed by atoms with Crippen LogP contribution in [0.5, 0.6) is 0 Å². The molecule has 0 N–H and O–H groups in total. The molecular weight excluding hydrogens is 650 g/mol. The van der Waals surface area contributed by atoms with Crippen molar-refractivity contribution in [2.75, 3.05) is 0 Å². The third-order valence-electron chi connectivity index (χ3n) is 8.37. The molecule has 1 aliphatic carbocycles. The van der Waals surface area contributed by atoms with Crippen LogP contribution in [0.1, 0.15) is 117 Å². The van der Waals surface area contributed by atoms with Gasteiger partial charge in [-0.2, -0.15) is 0 Å². The summed E-state index contributed by atoms with van der Waals surface area (Å²) >= 11 is 5.05. The van der Waals surface area contributed by atoms with Gasteiger partial charge in [-0.15, -0.1) is 0 Å². The van der Waals surface area contributed by atoms with Crippen molar-refractivity contribution in [3.8, 4) is 11.1 Å². The van der Waals surface area contributed by atoms with Crippen LogP contribution < -0.4 is 0 Å². The zero-order valence-corrected chi connectivity index (χ0v) is 27.4. The molecule has 2 aromatic carbocycles. The second-order valence-corrected chi connectivity index (χ2v) is 14.9. The lowest BCUT2D eigenvalue weighted by Gasteiger charge is -2.35. The minimum Gasteiger partial charge on any atom is -0.0628 e. The Balaban J connectivity index is 1.88. The van der Waals surface area contributed by atoms with E-state index in [1.54, 1.807) is 11.1 Å². The van der Waals surface area contributed by atoms with Crippen molar-refractivity contribution in [3.63, 3.8) is 0 Å². The fourth-order valence-corrected chi connectivity index (χ4v) is 7.11. The Bertz CT molecular complexity index is 865. The first-order valence-electron chi connectivity index (χ1n) is 14.2. The Labute approximate surface area is 244 Å². The van der Waals surface area contributed by atoms with E-state index in [2.05, 4.69) is 123 Å². The highest BCUT2D eigenvalue weighted by molar-refractivity contribution is 14.1. The number of halogens is 2.